The van der Waals surface area contributed by atoms with Gasteiger partial charge in [0, 0.05) is 11.8 Å². The van der Waals surface area contributed by atoms with Gasteiger partial charge in [-0.25, -0.2) is 4.39 Å². The second-order valence-corrected chi connectivity index (χ2v) is 3.81. The fraction of sp³-hybridized carbons (Fsp3) is 0.0909. The van der Waals surface area contributed by atoms with E-state index < -0.39 is 5.82 Å². The highest BCUT2D eigenvalue weighted by Gasteiger charge is 2.05. The van der Waals surface area contributed by atoms with E-state index >= 15 is 0 Å². The number of nitrogens with two attached hydrogens (primary N) is 1. The molecular formula is C11H10ClFN4O. The van der Waals surface area contributed by atoms with Crippen molar-refractivity contribution in [3.8, 4) is 5.88 Å². The molecule has 1 aromatic carbocycles. The molecule has 0 saturated carbocycles. The number of halogens is 2. The Morgan fingerprint density at radius 1 is 1.33 bits per heavy atom. The van der Waals surface area contributed by atoms with E-state index in [0.717, 1.165) is 0 Å². The Balaban J connectivity index is 2.27. The molecule has 18 heavy (non-hydrogen) atoms. The number of nitrogen functional groups attached to an aromatic ring is 1. The first-order valence-electron chi connectivity index (χ1n) is 4.99. The summed E-state index contributed by atoms with van der Waals surface area (Å²) < 4.78 is 18.0. The first-order chi connectivity index (χ1) is 8.58. The number of ether oxygens (including phenoxy) is 1. The molecule has 3 N–H and O–H groups in total. The van der Waals surface area contributed by atoms with Gasteiger partial charge in [-0.2, -0.15) is 9.97 Å². The van der Waals surface area contributed by atoms with E-state index in [-0.39, 0.29) is 11.0 Å². The zero-order chi connectivity index (χ0) is 13.1. The molecule has 2 aromatic rings. The third-order valence-electron chi connectivity index (χ3n) is 2.12. The molecule has 1 aromatic heterocycles. The number of hydrogen-bond acceptors (Lipinski definition) is 5. The molecule has 0 aliphatic carbocycles. The highest BCUT2D eigenvalue weighted by molar-refractivity contribution is 6.31. The number of anilines is 3. The van der Waals surface area contributed by atoms with E-state index in [1.54, 1.807) is 6.07 Å². The van der Waals surface area contributed by atoms with Crippen molar-refractivity contribution in [1.82, 2.24) is 9.97 Å². The van der Waals surface area contributed by atoms with Crippen LogP contribution in [0.2, 0.25) is 5.02 Å². The fourth-order valence-electron chi connectivity index (χ4n) is 1.33. The van der Waals surface area contributed by atoms with Gasteiger partial charge in [0.2, 0.25) is 11.8 Å². The Labute approximate surface area is 108 Å². The van der Waals surface area contributed by atoms with Crippen molar-refractivity contribution in [3.63, 3.8) is 0 Å². The third-order valence-corrected chi connectivity index (χ3v) is 2.41. The number of nitrogens with one attached hydrogen (secondary N) is 1. The Morgan fingerprint density at radius 3 is 2.78 bits per heavy atom. The fourth-order valence-corrected chi connectivity index (χ4v) is 1.51. The SMILES string of the molecule is COc1cc(Nc2ccc(F)c(Cl)c2)nc(N)n1. The second kappa shape index (κ2) is 5.05. The molecule has 2 rings (SSSR count). The zero-order valence-corrected chi connectivity index (χ0v) is 10.2. The Morgan fingerprint density at radius 2 is 2.11 bits per heavy atom. The lowest BCUT2D eigenvalue weighted by molar-refractivity contribution is 0.398. The molecule has 0 aliphatic heterocycles. The Kier molecular flexibility index (Phi) is 3.47. The number of benzene rings is 1. The number of hydrogen-bond donors (Lipinski definition) is 2. The quantitative estimate of drug-likeness (QED) is 0.895. The van der Waals surface area contributed by atoms with Crippen LogP contribution in [0.15, 0.2) is 24.3 Å². The van der Waals surface area contributed by atoms with Gasteiger partial charge in [0.05, 0.1) is 12.1 Å². The molecule has 0 spiro atoms. The lowest BCUT2D eigenvalue weighted by Crippen LogP contribution is -2.01. The molecule has 0 radical (unpaired) electrons. The predicted octanol–water partition coefficient (Wildman–Crippen LogP) is 2.60. The predicted molar refractivity (Wildman–Crippen MR) is 67.7 cm³/mol. The monoisotopic (exact) mass is 268 g/mol. The van der Waals surface area contributed by atoms with Gasteiger partial charge in [-0.3, -0.25) is 0 Å². The summed E-state index contributed by atoms with van der Waals surface area (Å²) in [6.07, 6.45) is 0. The third kappa shape index (κ3) is 2.78. The van der Waals surface area contributed by atoms with Crippen molar-refractivity contribution in [2.24, 2.45) is 0 Å². The van der Waals surface area contributed by atoms with Crippen molar-refractivity contribution in [2.75, 3.05) is 18.2 Å². The maximum Gasteiger partial charge on any atom is 0.225 e. The molecule has 0 saturated heterocycles. The molecule has 0 unspecified atom stereocenters. The summed E-state index contributed by atoms with van der Waals surface area (Å²) in [6.45, 7) is 0. The highest BCUT2D eigenvalue weighted by atomic mass is 35.5. The van der Waals surface area contributed by atoms with Crippen molar-refractivity contribution < 1.29 is 9.13 Å². The maximum absolute atomic E-state index is 13.0. The molecule has 0 bridgehead atoms. The largest absolute Gasteiger partial charge is 0.481 e. The van der Waals surface area contributed by atoms with E-state index in [9.17, 15) is 4.39 Å². The molecule has 0 amide bonds. The van der Waals surface area contributed by atoms with Crippen molar-refractivity contribution >= 4 is 29.1 Å². The summed E-state index contributed by atoms with van der Waals surface area (Å²) in [7, 11) is 1.47. The first-order valence-corrected chi connectivity index (χ1v) is 5.37. The van der Waals surface area contributed by atoms with E-state index in [1.165, 1.54) is 25.3 Å². The van der Waals surface area contributed by atoms with Crippen LogP contribution in [0.5, 0.6) is 5.88 Å². The van der Waals surface area contributed by atoms with Crippen LogP contribution in [0.4, 0.5) is 21.8 Å². The zero-order valence-electron chi connectivity index (χ0n) is 9.45. The van der Waals surface area contributed by atoms with Crippen LogP contribution in [-0.4, -0.2) is 17.1 Å². The average Bonchev–Trinajstić information content (AvgIpc) is 2.33. The summed E-state index contributed by atoms with van der Waals surface area (Å²) >= 11 is 5.67. The van der Waals surface area contributed by atoms with Crippen LogP contribution < -0.4 is 15.8 Å². The van der Waals surface area contributed by atoms with Gasteiger partial charge in [-0.05, 0) is 18.2 Å². The Bertz CT molecular complexity index is 579. The van der Waals surface area contributed by atoms with Crippen LogP contribution in [0, 0.1) is 5.82 Å². The van der Waals surface area contributed by atoms with E-state index in [2.05, 4.69) is 15.3 Å². The normalized spacial score (nSPS) is 10.2. The number of aromatic nitrogens is 2. The van der Waals surface area contributed by atoms with Crippen LogP contribution in [0.25, 0.3) is 0 Å². The van der Waals surface area contributed by atoms with Gasteiger partial charge in [-0.15, -0.1) is 0 Å². The van der Waals surface area contributed by atoms with Crippen molar-refractivity contribution in [3.05, 3.63) is 35.1 Å². The van der Waals surface area contributed by atoms with E-state index in [1.807, 2.05) is 0 Å². The van der Waals surface area contributed by atoms with Crippen LogP contribution in [0.1, 0.15) is 0 Å². The number of nitrogens with zero attached hydrogens (tertiary/aromatic N) is 2. The van der Waals surface area contributed by atoms with Crippen LogP contribution in [-0.2, 0) is 0 Å². The van der Waals surface area contributed by atoms with Gasteiger partial charge >= 0.3 is 0 Å². The molecular weight excluding hydrogens is 259 g/mol. The molecule has 0 aliphatic rings. The van der Waals surface area contributed by atoms with Crippen molar-refractivity contribution in [2.45, 2.75) is 0 Å². The Hall–Kier alpha value is -2.08. The lowest BCUT2D eigenvalue weighted by Gasteiger charge is -2.08. The van der Waals surface area contributed by atoms with Crippen LogP contribution in [0.3, 0.4) is 0 Å². The number of methoxy groups -OCH3 is 1. The number of rotatable bonds is 3. The topological polar surface area (TPSA) is 73.1 Å². The minimum absolute atomic E-state index is 0.0222. The highest BCUT2D eigenvalue weighted by Crippen LogP contribution is 2.23. The molecule has 1 heterocycles. The van der Waals surface area contributed by atoms with E-state index in [4.69, 9.17) is 22.1 Å². The standard InChI is InChI=1S/C11H10ClFN4O/c1-18-10-5-9(16-11(14)17-10)15-6-2-3-8(13)7(12)4-6/h2-5H,1H3,(H3,14,15,16,17). The lowest BCUT2D eigenvalue weighted by atomic mass is 10.3. The molecule has 5 nitrogen and oxygen atoms in total. The molecule has 94 valence electrons. The molecule has 0 atom stereocenters. The maximum atomic E-state index is 13.0. The second-order valence-electron chi connectivity index (χ2n) is 3.41. The van der Waals surface area contributed by atoms with Gasteiger partial charge in [0.1, 0.15) is 11.6 Å². The molecule has 0 fully saturated rings. The summed E-state index contributed by atoms with van der Waals surface area (Å²) in [5.41, 5.74) is 6.10. The summed E-state index contributed by atoms with van der Waals surface area (Å²) in [4.78, 5) is 7.81. The smallest absolute Gasteiger partial charge is 0.225 e. The van der Waals surface area contributed by atoms with Crippen LogP contribution >= 0.6 is 11.6 Å². The first kappa shape index (κ1) is 12.4. The minimum atomic E-state index is -0.484. The summed E-state index contributed by atoms with van der Waals surface area (Å²) in [5.74, 6) is 0.354. The van der Waals surface area contributed by atoms with Gasteiger partial charge < -0.3 is 15.8 Å². The van der Waals surface area contributed by atoms with Gasteiger partial charge in [0.25, 0.3) is 0 Å². The van der Waals surface area contributed by atoms with Crippen molar-refractivity contribution in [1.29, 1.82) is 0 Å². The molecule has 7 heteroatoms. The van der Waals surface area contributed by atoms with Gasteiger partial charge in [0.15, 0.2) is 0 Å². The summed E-state index contributed by atoms with van der Waals surface area (Å²) in [6, 6.07) is 5.80. The average molecular weight is 269 g/mol. The van der Waals surface area contributed by atoms with E-state index in [0.29, 0.717) is 17.4 Å². The minimum Gasteiger partial charge on any atom is -0.481 e. The summed E-state index contributed by atoms with van der Waals surface area (Å²) in [5, 5.41) is 2.95. The van der Waals surface area contributed by atoms with Gasteiger partial charge in [-0.1, -0.05) is 11.6 Å².